The van der Waals surface area contributed by atoms with E-state index >= 15 is 0 Å². The lowest BCUT2D eigenvalue weighted by molar-refractivity contribution is -0.143. The van der Waals surface area contributed by atoms with E-state index in [0.29, 0.717) is 31.5 Å². The molecule has 1 aliphatic carbocycles. The molecule has 0 aromatic rings. The lowest BCUT2D eigenvalue weighted by Gasteiger charge is -2.19. The van der Waals surface area contributed by atoms with Crippen LogP contribution in [-0.2, 0) is 9.59 Å². The number of nitrogens with zero attached hydrogens (tertiary/aromatic N) is 1. The minimum absolute atomic E-state index is 0.113. The maximum Gasteiger partial charge on any atom is 0.308 e. The molecule has 1 saturated heterocycles. The highest BCUT2D eigenvalue weighted by Crippen LogP contribution is 2.29. The Bertz CT molecular complexity index is 378. The van der Waals surface area contributed by atoms with Crippen molar-refractivity contribution in [1.29, 1.82) is 0 Å². The first kappa shape index (κ1) is 16.3. The van der Waals surface area contributed by atoms with Crippen molar-refractivity contribution in [1.82, 2.24) is 10.2 Å². The summed E-state index contributed by atoms with van der Waals surface area (Å²) in [5.41, 5.74) is 0. The minimum Gasteiger partial charge on any atom is -0.481 e. The SMILES string of the molecule is CC(C)[C@@H]1CN(CCC(=O)NC2CCCC2)C[C@H]1C(=O)O. The molecule has 5 heteroatoms. The molecule has 0 radical (unpaired) electrons. The van der Waals surface area contributed by atoms with Crippen LogP contribution in [0.2, 0.25) is 0 Å². The molecular formula is C16H28N2O3. The number of rotatable bonds is 6. The van der Waals surface area contributed by atoms with Crippen molar-refractivity contribution < 1.29 is 14.7 Å². The van der Waals surface area contributed by atoms with Gasteiger partial charge in [0.25, 0.3) is 0 Å². The number of carbonyl (C=O) groups is 2. The maximum absolute atomic E-state index is 11.9. The van der Waals surface area contributed by atoms with Crippen LogP contribution in [0.1, 0.15) is 46.0 Å². The fourth-order valence-electron chi connectivity index (χ4n) is 3.66. The van der Waals surface area contributed by atoms with Crippen LogP contribution in [0.15, 0.2) is 0 Å². The summed E-state index contributed by atoms with van der Waals surface area (Å²) in [6.45, 7) is 6.21. The number of hydrogen-bond donors (Lipinski definition) is 2. The number of likely N-dealkylation sites (tertiary alicyclic amines) is 1. The van der Waals surface area contributed by atoms with Crippen LogP contribution in [-0.4, -0.2) is 47.6 Å². The standard InChI is InChI=1S/C16H28N2O3/c1-11(2)13-9-18(10-14(13)16(20)21)8-7-15(19)17-12-5-3-4-6-12/h11-14H,3-10H2,1-2H3,(H,17,19)(H,20,21)/t13-,14+/m0/s1. The zero-order valence-electron chi connectivity index (χ0n) is 13.2. The summed E-state index contributed by atoms with van der Waals surface area (Å²) in [6.07, 6.45) is 5.12. The third-order valence-corrected chi connectivity index (χ3v) is 4.99. The van der Waals surface area contributed by atoms with Crippen LogP contribution < -0.4 is 5.32 Å². The van der Waals surface area contributed by atoms with Gasteiger partial charge < -0.3 is 15.3 Å². The van der Waals surface area contributed by atoms with Crippen LogP contribution in [0.25, 0.3) is 0 Å². The summed E-state index contributed by atoms with van der Waals surface area (Å²) in [5.74, 6) is -0.319. The van der Waals surface area contributed by atoms with E-state index < -0.39 is 5.97 Å². The number of amides is 1. The molecule has 1 amide bonds. The molecular weight excluding hydrogens is 268 g/mol. The van der Waals surface area contributed by atoms with Gasteiger partial charge in [0, 0.05) is 32.1 Å². The predicted molar refractivity (Wildman–Crippen MR) is 80.9 cm³/mol. The number of carbonyl (C=O) groups excluding carboxylic acids is 1. The molecule has 2 aliphatic rings. The van der Waals surface area contributed by atoms with Crippen LogP contribution in [0.3, 0.4) is 0 Å². The summed E-state index contributed by atoms with van der Waals surface area (Å²) in [6, 6.07) is 0.367. The van der Waals surface area contributed by atoms with Crippen molar-refractivity contribution in [2.45, 2.75) is 52.0 Å². The highest BCUT2D eigenvalue weighted by molar-refractivity contribution is 5.76. The summed E-state index contributed by atoms with van der Waals surface area (Å²) < 4.78 is 0. The van der Waals surface area contributed by atoms with Gasteiger partial charge in [0.15, 0.2) is 0 Å². The number of hydrogen-bond acceptors (Lipinski definition) is 3. The summed E-state index contributed by atoms with van der Waals surface area (Å²) in [5, 5.41) is 12.4. The summed E-state index contributed by atoms with van der Waals surface area (Å²) in [4.78, 5) is 25.4. The van der Waals surface area contributed by atoms with Gasteiger partial charge in [-0.25, -0.2) is 0 Å². The van der Waals surface area contributed by atoms with Crippen molar-refractivity contribution in [2.75, 3.05) is 19.6 Å². The highest BCUT2D eigenvalue weighted by Gasteiger charge is 2.38. The number of aliphatic carboxylic acids is 1. The molecule has 0 spiro atoms. The van der Waals surface area contributed by atoms with E-state index in [1.165, 1.54) is 12.8 Å². The molecule has 5 nitrogen and oxygen atoms in total. The molecule has 1 aliphatic heterocycles. The number of carboxylic acid groups (broad SMARTS) is 1. The Hall–Kier alpha value is -1.10. The lowest BCUT2D eigenvalue weighted by Crippen LogP contribution is -2.35. The molecule has 2 fully saturated rings. The predicted octanol–water partition coefficient (Wildman–Crippen LogP) is 1.72. The topological polar surface area (TPSA) is 69.6 Å². The van der Waals surface area contributed by atoms with Crippen molar-refractivity contribution >= 4 is 11.9 Å². The molecule has 2 atom stereocenters. The van der Waals surface area contributed by atoms with Gasteiger partial charge in [0.2, 0.25) is 5.91 Å². The molecule has 21 heavy (non-hydrogen) atoms. The van der Waals surface area contributed by atoms with Gasteiger partial charge in [-0.2, -0.15) is 0 Å². The Balaban J connectivity index is 1.75. The van der Waals surface area contributed by atoms with Gasteiger partial charge in [0.05, 0.1) is 5.92 Å². The smallest absolute Gasteiger partial charge is 0.308 e. The first-order valence-corrected chi connectivity index (χ1v) is 8.22. The van der Waals surface area contributed by atoms with Crippen LogP contribution in [0.5, 0.6) is 0 Å². The third-order valence-electron chi connectivity index (χ3n) is 4.99. The molecule has 0 unspecified atom stereocenters. The van der Waals surface area contributed by atoms with Crippen LogP contribution in [0, 0.1) is 17.8 Å². The fourth-order valence-corrected chi connectivity index (χ4v) is 3.66. The summed E-state index contributed by atoms with van der Waals surface area (Å²) >= 11 is 0. The number of carboxylic acids is 1. The van der Waals surface area contributed by atoms with Crippen molar-refractivity contribution in [2.24, 2.45) is 17.8 Å². The highest BCUT2D eigenvalue weighted by atomic mass is 16.4. The zero-order chi connectivity index (χ0) is 15.4. The Labute approximate surface area is 127 Å². The molecule has 2 rings (SSSR count). The van der Waals surface area contributed by atoms with Gasteiger partial charge in [-0.3, -0.25) is 9.59 Å². The van der Waals surface area contributed by atoms with E-state index in [0.717, 1.165) is 19.4 Å². The Kier molecular flexibility index (Phi) is 5.62. The van der Waals surface area contributed by atoms with E-state index in [9.17, 15) is 14.7 Å². The maximum atomic E-state index is 11.9. The zero-order valence-corrected chi connectivity index (χ0v) is 13.2. The second kappa shape index (κ2) is 7.25. The molecule has 120 valence electrons. The minimum atomic E-state index is -0.702. The molecule has 0 aromatic carbocycles. The fraction of sp³-hybridized carbons (Fsp3) is 0.875. The van der Waals surface area contributed by atoms with E-state index in [-0.39, 0.29) is 17.7 Å². The first-order valence-electron chi connectivity index (χ1n) is 8.22. The van der Waals surface area contributed by atoms with Crippen LogP contribution in [0.4, 0.5) is 0 Å². The second-order valence-electron chi connectivity index (χ2n) is 6.91. The van der Waals surface area contributed by atoms with Gasteiger partial charge >= 0.3 is 5.97 Å². The van der Waals surface area contributed by atoms with Crippen LogP contribution >= 0.6 is 0 Å². The Morgan fingerprint density at radius 1 is 1.24 bits per heavy atom. The molecule has 0 aromatic heterocycles. The Morgan fingerprint density at radius 3 is 2.43 bits per heavy atom. The molecule has 2 N–H and O–H groups in total. The third kappa shape index (κ3) is 4.43. The lowest BCUT2D eigenvalue weighted by atomic mass is 9.86. The number of nitrogens with one attached hydrogen (secondary N) is 1. The van der Waals surface area contributed by atoms with Gasteiger partial charge in [0.1, 0.15) is 0 Å². The van der Waals surface area contributed by atoms with Crippen molar-refractivity contribution in [3.05, 3.63) is 0 Å². The van der Waals surface area contributed by atoms with Gasteiger partial charge in [-0.1, -0.05) is 26.7 Å². The largest absolute Gasteiger partial charge is 0.481 e. The monoisotopic (exact) mass is 296 g/mol. The van der Waals surface area contributed by atoms with E-state index in [4.69, 9.17) is 0 Å². The molecule has 1 saturated carbocycles. The van der Waals surface area contributed by atoms with E-state index in [2.05, 4.69) is 24.1 Å². The first-order chi connectivity index (χ1) is 9.97. The quantitative estimate of drug-likeness (QED) is 0.783. The van der Waals surface area contributed by atoms with Gasteiger partial charge in [-0.05, 0) is 24.7 Å². The molecule has 0 bridgehead atoms. The normalized spacial score (nSPS) is 27.4. The molecule has 1 heterocycles. The average Bonchev–Trinajstić information content (AvgIpc) is 3.04. The van der Waals surface area contributed by atoms with E-state index in [1.54, 1.807) is 0 Å². The second-order valence-corrected chi connectivity index (χ2v) is 6.91. The van der Waals surface area contributed by atoms with Gasteiger partial charge in [-0.15, -0.1) is 0 Å². The average molecular weight is 296 g/mol. The van der Waals surface area contributed by atoms with Crippen molar-refractivity contribution in [3.8, 4) is 0 Å². The van der Waals surface area contributed by atoms with Crippen molar-refractivity contribution in [3.63, 3.8) is 0 Å². The van der Waals surface area contributed by atoms with E-state index in [1.807, 2.05) is 0 Å². The summed E-state index contributed by atoms with van der Waals surface area (Å²) in [7, 11) is 0. The Morgan fingerprint density at radius 2 is 1.90 bits per heavy atom.